The summed E-state index contributed by atoms with van der Waals surface area (Å²) in [5.74, 6) is 5.30. The molecular formula is C7H16N2O. The van der Waals surface area contributed by atoms with Gasteiger partial charge in [0.25, 0.3) is 0 Å². The molecular weight excluding hydrogens is 128 g/mol. The highest BCUT2D eigenvalue weighted by molar-refractivity contribution is 5.72. The van der Waals surface area contributed by atoms with Gasteiger partial charge in [-0.3, -0.25) is 9.80 Å². The molecule has 0 aliphatic heterocycles. The zero-order valence-corrected chi connectivity index (χ0v) is 7.14. The molecule has 0 unspecified atom stereocenters. The summed E-state index contributed by atoms with van der Waals surface area (Å²) in [6, 6.07) is 0. The fraction of sp³-hybridized carbons (Fsp3) is 0.857. The number of hydrogen-bond acceptors (Lipinski definition) is 2. The van der Waals surface area contributed by atoms with Crippen molar-refractivity contribution in [2.24, 2.45) is 11.3 Å². The fourth-order valence-electron chi connectivity index (χ4n) is 0.622. The van der Waals surface area contributed by atoms with Gasteiger partial charge in [-0.25, -0.2) is 5.84 Å². The van der Waals surface area contributed by atoms with Crippen LogP contribution in [0, 0.1) is 5.41 Å². The van der Waals surface area contributed by atoms with E-state index in [0.717, 1.165) is 0 Å². The molecule has 0 aromatic heterocycles. The van der Waals surface area contributed by atoms with Crippen LogP contribution >= 0.6 is 0 Å². The first-order valence-corrected chi connectivity index (χ1v) is 3.36. The van der Waals surface area contributed by atoms with E-state index in [1.54, 1.807) is 0 Å². The number of nitrogens with zero attached hydrogens (tertiary/aromatic N) is 1. The molecule has 0 bridgehead atoms. The molecule has 0 atom stereocenters. The summed E-state index contributed by atoms with van der Waals surface area (Å²) in [5.41, 5.74) is 0.0837. The van der Waals surface area contributed by atoms with E-state index in [2.05, 4.69) is 0 Å². The normalized spacial score (nSPS) is 11.3. The van der Waals surface area contributed by atoms with Crippen LogP contribution in [0.4, 0.5) is 0 Å². The van der Waals surface area contributed by atoms with Gasteiger partial charge in [0.1, 0.15) is 0 Å². The van der Waals surface area contributed by atoms with Gasteiger partial charge in [-0.15, -0.1) is 0 Å². The van der Waals surface area contributed by atoms with Crippen molar-refractivity contribution >= 4 is 5.91 Å². The number of carbonyl (C=O) groups excluding carboxylic acids is 1. The topological polar surface area (TPSA) is 46.3 Å². The van der Waals surface area contributed by atoms with Crippen LogP contribution in [0.5, 0.6) is 0 Å². The number of amides is 1. The Labute approximate surface area is 62.2 Å². The van der Waals surface area contributed by atoms with Crippen LogP contribution in [0.15, 0.2) is 0 Å². The smallest absolute Gasteiger partial charge is 0.233 e. The molecule has 0 heterocycles. The maximum absolute atomic E-state index is 10.6. The highest BCUT2D eigenvalue weighted by Crippen LogP contribution is 2.12. The van der Waals surface area contributed by atoms with Crippen molar-refractivity contribution in [3.05, 3.63) is 0 Å². The second kappa shape index (κ2) is 3.01. The molecule has 0 rings (SSSR count). The van der Waals surface area contributed by atoms with Crippen LogP contribution < -0.4 is 5.84 Å². The highest BCUT2D eigenvalue weighted by Gasteiger charge is 2.15. The largest absolute Gasteiger partial charge is 0.280 e. The summed E-state index contributed by atoms with van der Waals surface area (Å²) in [4.78, 5) is 10.6. The first-order chi connectivity index (χ1) is 4.33. The lowest BCUT2D eigenvalue weighted by molar-refractivity contribution is -0.130. The highest BCUT2D eigenvalue weighted by atomic mass is 16.2. The molecule has 0 saturated heterocycles. The first kappa shape index (κ1) is 9.43. The van der Waals surface area contributed by atoms with Crippen LogP contribution in [-0.4, -0.2) is 17.5 Å². The second-order valence-corrected chi connectivity index (χ2v) is 3.71. The van der Waals surface area contributed by atoms with E-state index in [-0.39, 0.29) is 11.3 Å². The van der Waals surface area contributed by atoms with Gasteiger partial charge in [-0.1, -0.05) is 20.8 Å². The lowest BCUT2D eigenvalue weighted by atomic mass is 9.97. The van der Waals surface area contributed by atoms with Gasteiger partial charge < -0.3 is 0 Å². The monoisotopic (exact) mass is 144 g/mol. The van der Waals surface area contributed by atoms with Crippen LogP contribution in [0.1, 0.15) is 27.7 Å². The Hall–Kier alpha value is -0.570. The molecule has 0 aliphatic rings. The zero-order chi connectivity index (χ0) is 8.36. The third-order valence-electron chi connectivity index (χ3n) is 1.05. The zero-order valence-electron chi connectivity index (χ0n) is 7.14. The number of carbonyl (C=O) groups is 1. The van der Waals surface area contributed by atoms with Crippen LogP contribution in [0.2, 0.25) is 0 Å². The van der Waals surface area contributed by atoms with Gasteiger partial charge in [0, 0.05) is 13.5 Å². The average Bonchev–Trinajstić information content (AvgIpc) is 1.60. The van der Waals surface area contributed by atoms with Gasteiger partial charge in [-0.05, 0) is 5.41 Å². The lowest BCUT2D eigenvalue weighted by Gasteiger charge is -2.24. The molecule has 1 amide bonds. The third-order valence-corrected chi connectivity index (χ3v) is 1.05. The van der Waals surface area contributed by atoms with E-state index in [9.17, 15) is 4.79 Å². The Morgan fingerprint density at radius 3 is 2.00 bits per heavy atom. The first-order valence-electron chi connectivity index (χ1n) is 3.36. The number of hydrogen-bond donors (Lipinski definition) is 1. The summed E-state index contributed by atoms with van der Waals surface area (Å²) in [6.45, 7) is 8.18. The molecule has 0 fully saturated rings. The van der Waals surface area contributed by atoms with Crippen molar-refractivity contribution in [3.8, 4) is 0 Å². The number of nitrogens with two attached hydrogens (primary N) is 1. The van der Waals surface area contributed by atoms with Crippen molar-refractivity contribution < 1.29 is 4.79 Å². The van der Waals surface area contributed by atoms with Crippen molar-refractivity contribution in [2.45, 2.75) is 27.7 Å². The third kappa shape index (κ3) is 4.32. The number of hydrazine groups is 1. The maximum atomic E-state index is 10.6. The van der Waals surface area contributed by atoms with Crippen LogP contribution in [-0.2, 0) is 4.79 Å². The van der Waals surface area contributed by atoms with Gasteiger partial charge in [-0.2, -0.15) is 0 Å². The molecule has 0 spiro atoms. The molecule has 2 N–H and O–H groups in total. The fourth-order valence-corrected chi connectivity index (χ4v) is 0.622. The molecule has 60 valence electrons. The van der Waals surface area contributed by atoms with Gasteiger partial charge in [0.2, 0.25) is 5.91 Å². The summed E-state index contributed by atoms with van der Waals surface area (Å²) in [6.07, 6.45) is 0. The quantitative estimate of drug-likeness (QED) is 0.335. The number of rotatable bonds is 1. The molecule has 0 saturated carbocycles. The van der Waals surface area contributed by atoms with Gasteiger partial charge in [0.05, 0.1) is 0 Å². The van der Waals surface area contributed by atoms with E-state index < -0.39 is 0 Å². The molecule has 0 radical (unpaired) electrons. The Bertz CT molecular complexity index is 126. The van der Waals surface area contributed by atoms with Gasteiger partial charge >= 0.3 is 0 Å². The van der Waals surface area contributed by atoms with Crippen molar-refractivity contribution in [3.63, 3.8) is 0 Å². The molecule has 10 heavy (non-hydrogen) atoms. The molecule has 3 heteroatoms. The Kier molecular flexibility index (Phi) is 2.84. The van der Waals surface area contributed by atoms with Crippen molar-refractivity contribution in [2.75, 3.05) is 6.54 Å². The second-order valence-electron chi connectivity index (χ2n) is 3.71. The summed E-state index contributed by atoms with van der Waals surface area (Å²) in [7, 11) is 0. The van der Waals surface area contributed by atoms with E-state index in [1.165, 1.54) is 11.9 Å². The lowest BCUT2D eigenvalue weighted by Crippen LogP contribution is -2.41. The van der Waals surface area contributed by atoms with E-state index in [4.69, 9.17) is 5.84 Å². The predicted molar refractivity (Wildman–Crippen MR) is 41.0 cm³/mol. The van der Waals surface area contributed by atoms with E-state index >= 15 is 0 Å². The Balaban J connectivity index is 3.80. The Morgan fingerprint density at radius 2 is 1.90 bits per heavy atom. The summed E-state index contributed by atoms with van der Waals surface area (Å²) in [5, 5.41) is 1.24. The minimum absolute atomic E-state index is 0.0837. The van der Waals surface area contributed by atoms with E-state index in [1.807, 2.05) is 20.8 Å². The minimum atomic E-state index is -0.0880. The van der Waals surface area contributed by atoms with E-state index in [0.29, 0.717) is 6.54 Å². The maximum Gasteiger partial charge on any atom is 0.233 e. The molecule has 0 aliphatic carbocycles. The van der Waals surface area contributed by atoms with Crippen molar-refractivity contribution in [1.82, 2.24) is 5.01 Å². The Morgan fingerprint density at radius 1 is 1.50 bits per heavy atom. The molecule has 3 nitrogen and oxygen atoms in total. The predicted octanol–water partition coefficient (Wildman–Crippen LogP) is 0.755. The SMILES string of the molecule is CC(=O)N(N)CC(C)(C)C. The van der Waals surface area contributed by atoms with Crippen LogP contribution in [0.3, 0.4) is 0 Å². The van der Waals surface area contributed by atoms with Crippen molar-refractivity contribution in [1.29, 1.82) is 0 Å². The summed E-state index contributed by atoms with van der Waals surface area (Å²) < 4.78 is 0. The average molecular weight is 144 g/mol. The van der Waals surface area contributed by atoms with Gasteiger partial charge in [0.15, 0.2) is 0 Å². The standard InChI is InChI=1S/C7H16N2O/c1-6(10)9(8)5-7(2,3)4/h5,8H2,1-4H3. The molecule has 0 aromatic carbocycles. The molecule has 0 aromatic rings. The summed E-state index contributed by atoms with van der Waals surface area (Å²) >= 11 is 0. The van der Waals surface area contributed by atoms with Crippen LogP contribution in [0.25, 0.3) is 0 Å². The minimum Gasteiger partial charge on any atom is -0.280 e.